The fourth-order valence-corrected chi connectivity index (χ4v) is 7.90. The lowest BCUT2D eigenvalue weighted by Gasteiger charge is -2.71. The predicted octanol–water partition coefficient (Wildman–Crippen LogP) is -1.51. The summed E-state index contributed by atoms with van der Waals surface area (Å²) in [4.78, 5) is 12.6. The fraction of sp³-hybridized carbons (Fsp3) is 0.857. The number of aliphatic hydroxyl groups is 5. The molecule has 9 heteroatoms. The molecule has 5 rings (SSSR count). The molecule has 0 amide bonds. The van der Waals surface area contributed by atoms with Crippen LogP contribution in [0.15, 0.2) is 11.6 Å². The average molecular weight is 426 g/mol. The van der Waals surface area contributed by atoms with Crippen LogP contribution in [-0.2, 0) is 19.0 Å². The highest BCUT2D eigenvalue weighted by Gasteiger charge is 2.88. The molecule has 2 saturated heterocycles. The van der Waals surface area contributed by atoms with Gasteiger partial charge in [0.25, 0.3) is 0 Å². The zero-order chi connectivity index (χ0) is 22.0. The van der Waals surface area contributed by atoms with E-state index in [4.69, 9.17) is 14.2 Å². The number of methoxy groups -OCH3 is 1. The second-order valence-electron chi connectivity index (χ2n) is 10.2. The Morgan fingerprint density at radius 3 is 2.47 bits per heavy atom. The Kier molecular flexibility index (Phi) is 4.05. The standard InChI is InChI=1S/C21H30O9/c1-8-5-10(28-4)14(23)18(2)9(8)6-11-20-7-29-19(3,15(24)12(22)13(18)20)21(20,27)16(25)17(26)30-11/h5,9-16,22-25,27H,6-7H2,1-4H3. The molecule has 0 aromatic heterocycles. The smallest absolute Gasteiger partial charge is 0.338 e. The molecule has 168 valence electrons. The average Bonchev–Trinajstić information content (AvgIpc) is 2.89. The number of aliphatic hydroxyl groups excluding tert-OH is 4. The number of hydrogen-bond donors (Lipinski definition) is 5. The molecule has 12 atom stereocenters. The highest BCUT2D eigenvalue weighted by Crippen LogP contribution is 2.73. The van der Waals surface area contributed by atoms with Crippen LogP contribution in [0.3, 0.4) is 0 Å². The second kappa shape index (κ2) is 5.83. The minimum Gasteiger partial charge on any atom is -0.460 e. The molecule has 5 aliphatic rings. The molecular formula is C21H30O9. The zero-order valence-corrected chi connectivity index (χ0v) is 17.5. The van der Waals surface area contributed by atoms with Crippen molar-refractivity contribution in [3.05, 3.63) is 11.6 Å². The molecule has 9 nitrogen and oxygen atoms in total. The summed E-state index contributed by atoms with van der Waals surface area (Å²) in [6.07, 6.45) is -5.42. The van der Waals surface area contributed by atoms with Gasteiger partial charge in [0.05, 0.1) is 24.2 Å². The lowest BCUT2D eigenvalue weighted by atomic mass is 9.36. The van der Waals surface area contributed by atoms with Crippen LogP contribution in [0.2, 0.25) is 0 Å². The van der Waals surface area contributed by atoms with Gasteiger partial charge in [-0.2, -0.15) is 0 Å². The summed E-state index contributed by atoms with van der Waals surface area (Å²) in [6, 6.07) is 0. The summed E-state index contributed by atoms with van der Waals surface area (Å²) in [7, 11) is 1.48. The van der Waals surface area contributed by atoms with Gasteiger partial charge in [-0.3, -0.25) is 0 Å². The molecule has 2 aliphatic heterocycles. The maximum atomic E-state index is 12.6. The van der Waals surface area contributed by atoms with Gasteiger partial charge in [0.2, 0.25) is 0 Å². The van der Waals surface area contributed by atoms with Gasteiger partial charge in [-0.05, 0) is 26.2 Å². The molecule has 2 saturated carbocycles. The topological polar surface area (TPSA) is 146 Å². The molecule has 0 aromatic carbocycles. The highest BCUT2D eigenvalue weighted by molar-refractivity contribution is 5.79. The van der Waals surface area contributed by atoms with Gasteiger partial charge in [-0.1, -0.05) is 18.6 Å². The normalized spacial score (nSPS) is 61.6. The SMILES string of the molecule is COC1C=C(C)C2CC3OC(=O)C(O)C4(O)C5(C)OCC34C(C(O)C5O)C2(C)C1O. The highest BCUT2D eigenvalue weighted by atomic mass is 16.6. The summed E-state index contributed by atoms with van der Waals surface area (Å²) in [6.45, 7) is 4.97. The van der Waals surface area contributed by atoms with Crippen molar-refractivity contribution in [2.45, 2.75) is 75.0 Å². The van der Waals surface area contributed by atoms with Gasteiger partial charge in [-0.25, -0.2) is 4.79 Å². The van der Waals surface area contributed by atoms with Gasteiger partial charge < -0.3 is 39.7 Å². The molecule has 30 heavy (non-hydrogen) atoms. The Morgan fingerprint density at radius 1 is 1.17 bits per heavy atom. The number of ether oxygens (including phenoxy) is 3. The lowest BCUT2D eigenvalue weighted by molar-refractivity contribution is -0.355. The van der Waals surface area contributed by atoms with Crippen LogP contribution in [0.1, 0.15) is 27.2 Å². The molecule has 2 heterocycles. The van der Waals surface area contributed by atoms with E-state index in [-0.39, 0.29) is 18.9 Å². The van der Waals surface area contributed by atoms with Crippen molar-refractivity contribution >= 4 is 5.97 Å². The van der Waals surface area contributed by atoms with Crippen molar-refractivity contribution in [3.8, 4) is 0 Å². The van der Waals surface area contributed by atoms with Crippen molar-refractivity contribution in [1.29, 1.82) is 0 Å². The van der Waals surface area contributed by atoms with Crippen molar-refractivity contribution < 1.29 is 44.5 Å². The molecule has 12 unspecified atom stereocenters. The monoisotopic (exact) mass is 426 g/mol. The van der Waals surface area contributed by atoms with Gasteiger partial charge in [0, 0.05) is 18.4 Å². The quantitative estimate of drug-likeness (QED) is 0.250. The van der Waals surface area contributed by atoms with Crippen molar-refractivity contribution in [1.82, 2.24) is 0 Å². The van der Waals surface area contributed by atoms with Crippen LogP contribution in [0.5, 0.6) is 0 Å². The van der Waals surface area contributed by atoms with E-state index < -0.39 is 70.5 Å². The van der Waals surface area contributed by atoms with Gasteiger partial charge in [0.1, 0.15) is 29.5 Å². The minimum absolute atomic E-state index is 0.136. The number of carbonyl (C=O) groups excluding carboxylic acids is 1. The van der Waals surface area contributed by atoms with Gasteiger partial charge in [0.15, 0.2) is 6.10 Å². The van der Waals surface area contributed by atoms with E-state index in [1.54, 1.807) is 6.92 Å². The van der Waals surface area contributed by atoms with E-state index in [9.17, 15) is 30.3 Å². The Bertz CT molecular complexity index is 829. The first kappa shape index (κ1) is 20.8. The summed E-state index contributed by atoms with van der Waals surface area (Å²) < 4.78 is 17.0. The van der Waals surface area contributed by atoms with Crippen molar-refractivity contribution in [2.75, 3.05) is 13.7 Å². The minimum atomic E-state index is -2.20. The number of allylic oxidation sites excluding steroid dienone is 1. The Morgan fingerprint density at radius 2 is 1.83 bits per heavy atom. The second-order valence-corrected chi connectivity index (χ2v) is 10.2. The van der Waals surface area contributed by atoms with Crippen LogP contribution >= 0.6 is 0 Å². The summed E-state index contributed by atoms with van der Waals surface area (Å²) in [5, 5.41) is 56.7. The molecule has 0 radical (unpaired) electrons. The van der Waals surface area contributed by atoms with Crippen molar-refractivity contribution in [3.63, 3.8) is 0 Å². The van der Waals surface area contributed by atoms with Crippen LogP contribution in [0.25, 0.3) is 0 Å². The van der Waals surface area contributed by atoms with Crippen LogP contribution in [0, 0.1) is 22.7 Å². The van der Waals surface area contributed by atoms with E-state index in [1.165, 1.54) is 14.0 Å². The van der Waals surface area contributed by atoms with Crippen LogP contribution in [0.4, 0.5) is 0 Å². The van der Waals surface area contributed by atoms with Crippen molar-refractivity contribution in [2.24, 2.45) is 22.7 Å². The maximum absolute atomic E-state index is 12.6. The van der Waals surface area contributed by atoms with Crippen LogP contribution < -0.4 is 0 Å². The largest absolute Gasteiger partial charge is 0.460 e. The number of hydrogen-bond acceptors (Lipinski definition) is 9. The summed E-state index contributed by atoms with van der Waals surface area (Å²) in [5.74, 6) is -2.23. The molecule has 0 aromatic rings. The summed E-state index contributed by atoms with van der Waals surface area (Å²) >= 11 is 0. The zero-order valence-electron chi connectivity index (χ0n) is 17.5. The molecule has 2 bridgehead atoms. The molecule has 5 N–H and O–H groups in total. The number of esters is 1. The third-order valence-corrected chi connectivity index (χ3v) is 9.38. The number of rotatable bonds is 1. The Hall–Kier alpha value is -1.07. The van der Waals surface area contributed by atoms with E-state index >= 15 is 0 Å². The van der Waals surface area contributed by atoms with E-state index in [0.717, 1.165) is 5.57 Å². The molecule has 1 spiro atoms. The fourth-order valence-electron chi connectivity index (χ4n) is 7.90. The Balaban J connectivity index is 1.80. The molecule has 4 fully saturated rings. The maximum Gasteiger partial charge on any atom is 0.338 e. The molecule has 3 aliphatic carbocycles. The first-order valence-corrected chi connectivity index (χ1v) is 10.4. The Labute approximate surface area is 174 Å². The summed E-state index contributed by atoms with van der Waals surface area (Å²) in [5.41, 5.74) is -5.54. The number of carbonyl (C=O) groups is 1. The molecular weight excluding hydrogens is 396 g/mol. The van der Waals surface area contributed by atoms with Crippen LogP contribution in [-0.4, -0.2) is 93.0 Å². The number of fused-ring (bicyclic) bond motifs is 2. The first-order valence-electron chi connectivity index (χ1n) is 10.4. The lowest BCUT2D eigenvalue weighted by Crippen LogP contribution is -2.86. The van der Waals surface area contributed by atoms with E-state index in [0.29, 0.717) is 0 Å². The predicted molar refractivity (Wildman–Crippen MR) is 99.9 cm³/mol. The first-order chi connectivity index (χ1) is 13.9. The van der Waals surface area contributed by atoms with Gasteiger partial charge >= 0.3 is 5.97 Å². The van der Waals surface area contributed by atoms with E-state index in [1.807, 2.05) is 13.0 Å². The van der Waals surface area contributed by atoms with E-state index in [2.05, 4.69) is 0 Å². The third kappa shape index (κ3) is 1.81. The van der Waals surface area contributed by atoms with Gasteiger partial charge in [-0.15, -0.1) is 0 Å². The third-order valence-electron chi connectivity index (χ3n) is 9.38.